The Kier molecular flexibility index (Phi) is 8.18. The molecule has 0 aromatic rings. The van der Waals surface area contributed by atoms with E-state index in [1.54, 1.807) is 0 Å². The fourth-order valence-corrected chi connectivity index (χ4v) is 1.69. The summed E-state index contributed by atoms with van der Waals surface area (Å²) in [5, 5.41) is 0. The minimum Gasteiger partial charge on any atom is -0.100 e. The predicted octanol–water partition coefficient (Wildman–Crippen LogP) is 4.95. The van der Waals surface area contributed by atoms with Gasteiger partial charge in [-0.15, -0.1) is 6.58 Å². The summed E-state index contributed by atoms with van der Waals surface area (Å²) in [6.45, 7) is 10.7. The van der Waals surface area contributed by atoms with Crippen LogP contribution in [-0.2, 0) is 0 Å². The van der Waals surface area contributed by atoms with E-state index in [0.717, 1.165) is 5.92 Å². The molecular weight excluding hydrogens is 156 g/mol. The van der Waals surface area contributed by atoms with E-state index in [9.17, 15) is 0 Å². The lowest BCUT2D eigenvalue weighted by Gasteiger charge is -2.14. The standard InChI is InChI=1S/C13H26/c1-5-7-8-9-13(6-2)11-10-12(3)4/h13H,3,5-11H2,1-2,4H3. The molecule has 1 atom stereocenters. The van der Waals surface area contributed by atoms with Crippen molar-refractivity contribution in [1.29, 1.82) is 0 Å². The fraction of sp³-hybridized carbons (Fsp3) is 0.846. The first-order valence-corrected chi connectivity index (χ1v) is 5.85. The molecule has 0 nitrogen and oxygen atoms in total. The van der Waals surface area contributed by atoms with Crippen molar-refractivity contribution < 1.29 is 0 Å². The van der Waals surface area contributed by atoms with Gasteiger partial charge in [-0.25, -0.2) is 0 Å². The van der Waals surface area contributed by atoms with Gasteiger partial charge in [-0.3, -0.25) is 0 Å². The van der Waals surface area contributed by atoms with Crippen molar-refractivity contribution in [1.82, 2.24) is 0 Å². The molecule has 0 heterocycles. The molecule has 13 heavy (non-hydrogen) atoms. The summed E-state index contributed by atoms with van der Waals surface area (Å²) in [6.07, 6.45) is 9.53. The maximum atomic E-state index is 3.96. The van der Waals surface area contributed by atoms with Crippen LogP contribution in [-0.4, -0.2) is 0 Å². The van der Waals surface area contributed by atoms with Crippen molar-refractivity contribution in [2.45, 2.75) is 65.7 Å². The van der Waals surface area contributed by atoms with Crippen LogP contribution in [0.4, 0.5) is 0 Å². The van der Waals surface area contributed by atoms with Crippen LogP contribution in [0, 0.1) is 5.92 Å². The fourth-order valence-electron chi connectivity index (χ4n) is 1.69. The molecule has 0 aromatic heterocycles. The minimum atomic E-state index is 0.947. The minimum absolute atomic E-state index is 0.947. The highest BCUT2D eigenvalue weighted by Gasteiger charge is 2.05. The summed E-state index contributed by atoms with van der Waals surface area (Å²) in [4.78, 5) is 0. The van der Waals surface area contributed by atoms with Gasteiger partial charge in [-0.2, -0.15) is 0 Å². The second kappa shape index (κ2) is 8.34. The molecule has 0 amide bonds. The van der Waals surface area contributed by atoms with Crippen molar-refractivity contribution in [3.8, 4) is 0 Å². The molecule has 0 aliphatic carbocycles. The Morgan fingerprint density at radius 3 is 2.31 bits per heavy atom. The lowest BCUT2D eigenvalue weighted by molar-refractivity contribution is 0.416. The zero-order valence-corrected chi connectivity index (χ0v) is 9.73. The summed E-state index contributed by atoms with van der Waals surface area (Å²) in [5.74, 6) is 0.947. The second-order valence-electron chi connectivity index (χ2n) is 4.27. The molecule has 78 valence electrons. The maximum absolute atomic E-state index is 3.96. The van der Waals surface area contributed by atoms with Crippen LogP contribution >= 0.6 is 0 Å². The van der Waals surface area contributed by atoms with Crippen molar-refractivity contribution in [3.63, 3.8) is 0 Å². The van der Waals surface area contributed by atoms with Crippen molar-refractivity contribution in [3.05, 3.63) is 12.2 Å². The predicted molar refractivity (Wildman–Crippen MR) is 62.0 cm³/mol. The van der Waals surface area contributed by atoms with E-state index < -0.39 is 0 Å². The average Bonchev–Trinajstić information content (AvgIpc) is 2.10. The molecule has 0 fully saturated rings. The van der Waals surface area contributed by atoms with Gasteiger partial charge in [-0.05, 0) is 25.7 Å². The molecule has 0 aliphatic rings. The van der Waals surface area contributed by atoms with Crippen LogP contribution in [0.25, 0.3) is 0 Å². The molecule has 0 saturated carbocycles. The molecule has 0 aliphatic heterocycles. The topological polar surface area (TPSA) is 0 Å². The Bertz CT molecular complexity index is 124. The van der Waals surface area contributed by atoms with Gasteiger partial charge in [0.2, 0.25) is 0 Å². The van der Waals surface area contributed by atoms with E-state index in [2.05, 4.69) is 27.4 Å². The van der Waals surface area contributed by atoms with E-state index in [0.29, 0.717) is 0 Å². The molecule has 0 bridgehead atoms. The molecule has 0 saturated heterocycles. The Labute approximate surface area is 84.4 Å². The first-order chi connectivity index (χ1) is 6.20. The number of unbranched alkanes of at least 4 members (excludes halogenated alkanes) is 2. The molecule has 0 spiro atoms. The normalized spacial score (nSPS) is 12.8. The second-order valence-corrected chi connectivity index (χ2v) is 4.27. The van der Waals surface area contributed by atoms with Gasteiger partial charge < -0.3 is 0 Å². The van der Waals surface area contributed by atoms with Gasteiger partial charge in [0.1, 0.15) is 0 Å². The van der Waals surface area contributed by atoms with Gasteiger partial charge >= 0.3 is 0 Å². The third-order valence-electron chi connectivity index (χ3n) is 2.77. The van der Waals surface area contributed by atoms with Crippen LogP contribution in [0.5, 0.6) is 0 Å². The van der Waals surface area contributed by atoms with Crippen molar-refractivity contribution >= 4 is 0 Å². The van der Waals surface area contributed by atoms with Crippen molar-refractivity contribution in [2.24, 2.45) is 5.92 Å². The Morgan fingerprint density at radius 1 is 1.15 bits per heavy atom. The number of hydrogen-bond acceptors (Lipinski definition) is 0. The highest BCUT2D eigenvalue weighted by molar-refractivity contribution is 4.88. The van der Waals surface area contributed by atoms with E-state index in [4.69, 9.17) is 0 Å². The molecule has 0 aromatic carbocycles. The molecular formula is C13H26. The Morgan fingerprint density at radius 2 is 1.85 bits per heavy atom. The molecule has 0 radical (unpaired) electrons. The van der Waals surface area contributed by atoms with Crippen LogP contribution in [0.2, 0.25) is 0 Å². The van der Waals surface area contributed by atoms with Crippen LogP contribution in [0.1, 0.15) is 65.7 Å². The average molecular weight is 182 g/mol. The molecule has 1 unspecified atom stereocenters. The quantitative estimate of drug-likeness (QED) is 0.368. The van der Waals surface area contributed by atoms with Gasteiger partial charge in [0.05, 0.1) is 0 Å². The number of allylic oxidation sites excluding steroid dienone is 1. The summed E-state index contributed by atoms with van der Waals surface area (Å²) >= 11 is 0. The van der Waals surface area contributed by atoms with E-state index in [1.165, 1.54) is 50.5 Å². The summed E-state index contributed by atoms with van der Waals surface area (Å²) < 4.78 is 0. The molecule has 0 N–H and O–H groups in total. The van der Waals surface area contributed by atoms with Gasteiger partial charge in [-0.1, -0.05) is 51.5 Å². The highest BCUT2D eigenvalue weighted by Crippen LogP contribution is 2.20. The zero-order valence-electron chi connectivity index (χ0n) is 9.73. The smallest absolute Gasteiger partial charge is 0.0323 e. The van der Waals surface area contributed by atoms with Crippen LogP contribution in [0.15, 0.2) is 12.2 Å². The Balaban J connectivity index is 3.45. The molecule has 0 heteroatoms. The monoisotopic (exact) mass is 182 g/mol. The lowest BCUT2D eigenvalue weighted by Crippen LogP contribution is -1.99. The first-order valence-electron chi connectivity index (χ1n) is 5.85. The zero-order chi connectivity index (χ0) is 10.1. The summed E-state index contributed by atoms with van der Waals surface area (Å²) in [5.41, 5.74) is 1.34. The van der Waals surface area contributed by atoms with Gasteiger partial charge in [0.15, 0.2) is 0 Å². The number of rotatable bonds is 8. The summed E-state index contributed by atoms with van der Waals surface area (Å²) in [7, 11) is 0. The Hall–Kier alpha value is -0.260. The third-order valence-corrected chi connectivity index (χ3v) is 2.77. The maximum Gasteiger partial charge on any atom is -0.0323 e. The summed E-state index contributed by atoms with van der Waals surface area (Å²) in [6, 6.07) is 0. The van der Waals surface area contributed by atoms with E-state index >= 15 is 0 Å². The van der Waals surface area contributed by atoms with Gasteiger partial charge in [0, 0.05) is 0 Å². The van der Waals surface area contributed by atoms with Crippen LogP contribution < -0.4 is 0 Å². The number of hydrogen-bond donors (Lipinski definition) is 0. The van der Waals surface area contributed by atoms with Gasteiger partial charge in [0.25, 0.3) is 0 Å². The third kappa shape index (κ3) is 8.08. The highest BCUT2D eigenvalue weighted by atomic mass is 14.1. The largest absolute Gasteiger partial charge is 0.100 e. The lowest BCUT2D eigenvalue weighted by atomic mass is 9.92. The SMILES string of the molecule is C=C(C)CCC(CC)CCCCC. The van der Waals surface area contributed by atoms with E-state index in [-0.39, 0.29) is 0 Å². The van der Waals surface area contributed by atoms with Crippen molar-refractivity contribution in [2.75, 3.05) is 0 Å². The first kappa shape index (κ1) is 12.7. The van der Waals surface area contributed by atoms with Crippen LogP contribution in [0.3, 0.4) is 0 Å². The molecule has 0 rings (SSSR count). The van der Waals surface area contributed by atoms with E-state index in [1.807, 2.05) is 0 Å².